The van der Waals surface area contributed by atoms with Crippen LogP contribution in [0.4, 0.5) is 5.69 Å². The first kappa shape index (κ1) is 12.7. The van der Waals surface area contributed by atoms with Gasteiger partial charge in [0.15, 0.2) is 0 Å². The lowest BCUT2D eigenvalue weighted by Gasteiger charge is -2.27. The average Bonchev–Trinajstić information content (AvgIpc) is 2.48. The predicted molar refractivity (Wildman–Crippen MR) is 86.9 cm³/mol. The van der Waals surface area contributed by atoms with Crippen molar-refractivity contribution in [3.05, 3.63) is 77.9 Å². The molecule has 0 unspecified atom stereocenters. The molecule has 20 heavy (non-hydrogen) atoms. The molecule has 0 aliphatic heterocycles. The number of nitrogen functional groups attached to an aromatic ring is 1. The third-order valence-corrected chi connectivity index (χ3v) is 4.11. The van der Waals surface area contributed by atoms with Crippen molar-refractivity contribution in [3.63, 3.8) is 0 Å². The van der Waals surface area contributed by atoms with E-state index in [2.05, 4.69) is 68.4 Å². The summed E-state index contributed by atoms with van der Waals surface area (Å²) in [6.45, 7) is 4.48. The van der Waals surface area contributed by atoms with E-state index in [4.69, 9.17) is 5.73 Å². The fraction of sp³-hybridized carbons (Fsp3) is 0.158. The lowest BCUT2D eigenvalue weighted by molar-refractivity contribution is 0.642. The lowest BCUT2D eigenvalue weighted by atomic mass is 9.77. The summed E-state index contributed by atoms with van der Waals surface area (Å²) in [6, 6.07) is 23.2. The van der Waals surface area contributed by atoms with Gasteiger partial charge < -0.3 is 5.73 Å². The maximum Gasteiger partial charge on any atom is 0.0396 e. The zero-order chi connectivity index (χ0) is 14.2. The number of hydrogen-bond donors (Lipinski definition) is 1. The van der Waals surface area contributed by atoms with Gasteiger partial charge in [0, 0.05) is 16.5 Å². The van der Waals surface area contributed by atoms with Crippen LogP contribution in [-0.2, 0) is 5.41 Å². The Morgan fingerprint density at radius 3 is 2.15 bits per heavy atom. The third kappa shape index (κ3) is 2.05. The Morgan fingerprint density at radius 2 is 1.40 bits per heavy atom. The summed E-state index contributed by atoms with van der Waals surface area (Å²) in [4.78, 5) is 0. The van der Waals surface area contributed by atoms with Crippen LogP contribution in [0.25, 0.3) is 10.8 Å². The molecular formula is C19H19N. The normalized spacial score (nSPS) is 11.7. The summed E-state index contributed by atoms with van der Waals surface area (Å²) >= 11 is 0. The highest BCUT2D eigenvalue weighted by Gasteiger charge is 2.23. The first-order valence-electron chi connectivity index (χ1n) is 6.93. The summed E-state index contributed by atoms with van der Waals surface area (Å²) in [7, 11) is 0. The van der Waals surface area contributed by atoms with Gasteiger partial charge in [0.1, 0.15) is 0 Å². The van der Waals surface area contributed by atoms with E-state index in [9.17, 15) is 0 Å². The molecule has 0 heterocycles. The third-order valence-electron chi connectivity index (χ3n) is 4.11. The SMILES string of the molecule is CC(C)(c1ccccc1)c1cc(N)c2ccccc2c1. The molecule has 0 saturated carbocycles. The van der Waals surface area contributed by atoms with E-state index in [0.717, 1.165) is 11.1 Å². The van der Waals surface area contributed by atoms with Crippen LogP contribution >= 0.6 is 0 Å². The van der Waals surface area contributed by atoms with Gasteiger partial charge in [-0.2, -0.15) is 0 Å². The Balaban J connectivity index is 2.19. The van der Waals surface area contributed by atoms with Gasteiger partial charge in [-0.15, -0.1) is 0 Å². The monoisotopic (exact) mass is 261 g/mol. The van der Waals surface area contributed by atoms with Crippen molar-refractivity contribution in [2.24, 2.45) is 0 Å². The van der Waals surface area contributed by atoms with E-state index in [1.807, 2.05) is 12.1 Å². The van der Waals surface area contributed by atoms with Crippen molar-refractivity contribution in [2.75, 3.05) is 5.73 Å². The van der Waals surface area contributed by atoms with Gasteiger partial charge in [-0.3, -0.25) is 0 Å². The van der Waals surface area contributed by atoms with Crippen LogP contribution in [0.15, 0.2) is 66.7 Å². The Hall–Kier alpha value is -2.28. The summed E-state index contributed by atoms with van der Waals surface area (Å²) in [5.41, 5.74) is 9.58. The maximum absolute atomic E-state index is 6.23. The molecule has 0 bridgehead atoms. The molecule has 0 aliphatic carbocycles. The van der Waals surface area contributed by atoms with Gasteiger partial charge in [-0.05, 0) is 22.6 Å². The number of fused-ring (bicyclic) bond motifs is 1. The fourth-order valence-electron chi connectivity index (χ4n) is 2.72. The molecule has 3 aromatic carbocycles. The number of nitrogens with two attached hydrogens (primary N) is 1. The highest BCUT2D eigenvalue weighted by molar-refractivity contribution is 5.93. The summed E-state index contributed by atoms with van der Waals surface area (Å²) in [5, 5.41) is 2.33. The summed E-state index contributed by atoms with van der Waals surface area (Å²) < 4.78 is 0. The molecule has 3 rings (SSSR count). The second kappa shape index (κ2) is 4.68. The molecule has 0 aromatic heterocycles. The van der Waals surface area contributed by atoms with E-state index in [-0.39, 0.29) is 5.41 Å². The van der Waals surface area contributed by atoms with Crippen LogP contribution in [-0.4, -0.2) is 0 Å². The molecule has 0 spiro atoms. The molecule has 1 heteroatoms. The second-order valence-corrected chi connectivity index (χ2v) is 5.78. The predicted octanol–water partition coefficient (Wildman–Crippen LogP) is 4.75. The Morgan fingerprint density at radius 1 is 0.750 bits per heavy atom. The van der Waals surface area contributed by atoms with Gasteiger partial charge >= 0.3 is 0 Å². The quantitative estimate of drug-likeness (QED) is 0.662. The Kier molecular flexibility index (Phi) is 2.98. The molecule has 0 fully saturated rings. The van der Waals surface area contributed by atoms with Crippen LogP contribution in [0.3, 0.4) is 0 Å². The standard InChI is InChI=1S/C19H19N/c1-19(2,15-9-4-3-5-10-15)16-12-14-8-6-7-11-17(14)18(20)13-16/h3-13H,20H2,1-2H3. The van der Waals surface area contributed by atoms with Crippen LogP contribution in [0.5, 0.6) is 0 Å². The molecule has 0 radical (unpaired) electrons. The minimum Gasteiger partial charge on any atom is -0.398 e. The largest absolute Gasteiger partial charge is 0.398 e. The molecule has 2 N–H and O–H groups in total. The number of anilines is 1. The van der Waals surface area contributed by atoms with Crippen LogP contribution < -0.4 is 5.73 Å². The highest BCUT2D eigenvalue weighted by Crippen LogP contribution is 2.35. The van der Waals surface area contributed by atoms with Gasteiger partial charge in [0.25, 0.3) is 0 Å². The first-order chi connectivity index (χ1) is 9.59. The number of rotatable bonds is 2. The van der Waals surface area contributed by atoms with Gasteiger partial charge in [0.05, 0.1) is 0 Å². The maximum atomic E-state index is 6.23. The second-order valence-electron chi connectivity index (χ2n) is 5.78. The zero-order valence-electron chi connectivity index (χ0n) is 11.9. The van der Waals surface area contributed by atoms with Gasteiger partial charge in [-0.25, -0.2) is 0 Å². The first-order valence-corrected chi connectivity index (χ1v) is 6.93. The average molecular weight is 261 g/mol. The van der Waals surface area contributed by atoms with Crippen molar-refractivity contribution in [3.8, 4) is 0 Å². The molecule has 3 aromatic rings. The smallest absolute Gasteiger partial charge is 0.0396 e. The van der Waals surface area contributed by atoms with Gasteiger partial charge in [-0.1, -0.05) is 74.5 Å². The van der Waals surface area contributed by atoms with Crippen LogP contribution in [0.1, 0.15) is 25.0 Å². The van der Waals surface area contributed by atoms with E-state index < -0.39 is 0 Å². The van der Waals surface area contributed by atoms with Crippen molar-refractivity contribution in [1.82, 2.24) is 0 Å². The number of benzene rings is 3. The molecule has 0 atom stereocenters. The van der Waals surface area contributed by atoms with E-state index in [1.165, 1.54) is 16.5 Å². The molecule has 0 aliphatic rings. The highest BCUT2D eigenvalue weighted by atomic mass is 14.6. The van der Waals surface area contributed by atoms with E-state index in [0.29, 0.717) is 0 Å². The molecule has 1 nitrogen and oxygen atoms in total. The van der Waals surface area contributed by atoms with Crippen molar-refractivity contribution in [2.45, 2.75) is 19.3 Å². The zero-order valence-corrected chi connectivity index (χ0v) is 11.9. The van der Waals surface area contributed by atoms with E-state index >= 15 is 0 Å². The summed E-state index contributed by atoms with van der Waals surface area (Å²) in [5.74, 6) is 0. The molecule has 100 valence electrons. The minimum absolute atomic E-state index is 0.0561. The molecule has 0 amide bonds. The number of hydrogen-bond acceptors (Lipinski definition) is 1. The van der Waals surface area contributed by atoms with E-state index in [1.54, 1.807) is 0 Å². The lowest BCUT2D eigenvalue weighted by Crippen LogP contribution is -2.19. The Bertz CT molecular complexity index is 742. The van der Waals surface area contributed by atoms with Crippen molar-refractivity contribution in [1.29, 1.82) is 0 Å². The van der Waals surface area contributed by atoms with Crippen LogP contribution in [0, 0.1) is 0 Å². The van der Waals surface area contributed by atoms with Crippen molar-refractivity contribution >= 4 is 16.5 Å². The fourth-order valence-corrected chi connectivity index (χ4v) is 2.72. The topological polar surface area (TPSA) is 26.0 Å². The molecule has 0 saturated heterocycles. The van der Waals surface area contributed by atoms with Crippen LogP contribution in [0.2, 0.25) is 0 Å². The minimum atomic E-state index is -0.0561. The van der Waals surface area contributed by atoms with Crippen molar-refractivity contribution < 1.29 is 0 Å². The summed E-state index contributed by atoms with van der Waals surface area (Å²) in [6.07, 6.45) is 0. The van der Waals surface area contributed by atoms with Gasteiger partial charge in [0.2, 0.25) is 0 Å². The Labute approximate surface area is 120 Å². The molecular weight excluding hydrogens is 242 g/mol.